The van der Waals surface area contributed by atoms with Crippen molar-refractivity contribution >= 4 is 11.6 Å². The number of oxime groups is 1. The summed E-state index contributed by atoms with van der Waals surface area (Å²) < 4.78 is 13.8. The number of hydrogen-bond acceptors (Lipinski definition) is 3. The predicted molar refractivity (Wildman–Crippen MR) is 85.3 cm³/mol. The normalized spacial score (nSPS) is 19.8. The van der Waals surface area contributed by atoms with Crippen LogP contribution in [0, 0.1) is 5.82 Å². The summed E-state index contributed by atoms with van der Waals surface area (Å²) in [5, 5.41) is 6.75. The van der Waals surface area contributed by atoms with Gasteiger partial charge in [0.1, 0.15) is 5.82 Å². The highest BCUT2D eigenvalue weighted by atomic mass is 19.1. The van der Waals surface area contributed by atoms with Crippen LogP contribution in [0.3, 0.4) is 0 Å². The lowest BCUT2D eigenvalue weighted by molar-refractivity contribution is -0.141. The molecule has 2 aromatic rings. The number of nitrogens with zero attached hydrogens (tertiary/aromatic N) is 1. The first-order valence-corrected chi connectivity index (χ1v) is 7.41. The molecule has 118 valence electrons. The molecular formula is C18H17FN2O2. The molecule has 23 heavy (non-hydrogen) atoms. The van der Waals surface area contributed by atoms with Gasteiger partial charge in [-0.1, -0.05) is 53.7 Å². The van der Waals surface area contributed by atoms with Crippen molar-refractivity contribution in [1.29, 1.82) is 0 Å². The fourth-order valence-electron chi connectivity index (χ4n) is 2.47. The highest BCUT2D eigenvalue weighted by molar-refractivity contribution is 6.05. The zero-order valence-electron chi connectivity index (χ0n) is 12.8. The van der Waals surface area contributed by atoms with E-state index in [9.17, 15) is 9.18 Å². The first-order valence-electron chi connectivity index (χ1n) is 7.41. The number of amides is 1. The lowest BCUT2D eigenvalue weighted by atomic mass is 9.95. The maximum Gasteiger partial charge on any atom is 0.267 e. The van der Waals surface area contributed by atoms with Gasteiger partial charge in [0.2, 0.25) is 5.60 Å². The molecule has 3 rings (SSSR count). The van der Waals surface area contributed by atoms with Crippen molar-refractivity contribution < 1.29 is 14.0 Å². The molecule has 4 nitrogen and oxygen atoms in total. The van der Waals surface area contributed by atoms with Crippen LogP contribution in [0.2, 0.25) is 0 Å². The Bertz CT molecular complexity index is 746. The number of carbonyl (C=O) groups is 1. The number of carbonyl (C=O) groups excluding carboxylic acids is 1. The van der Waals surface area contributed by atoms with Gasteiger partial charge in [0, 0.05) is 18.5 Å². The molecule has 0 aromatic heterocycles. The second-order valence-electron chi connectivity index (χ2n) is 5.69. The van der Waals surface area contributed by atoms with E-state index in [-0.39, 0.29) is 18.1 Å². The molecule has 5 heteroatoms. The summed E-state index contributed by atoms with van der Waals surface area (Å²) >= 11 is 0. The van der Waals surface area contributed by atoms with E-state index in [4.69, 9.17) is 4.84 Å². The molecule has 1 heterocycles. The molecule has 2 aromatic carbocycles. The van der Waals surface area contributed by atoms with Crippen LogP contribution < -0.4 is 5.32 Å². The van der Waals surface area contributed by atoms with Gasteiger partial charge in [-0.3, -0.25) is 4.79 Å². The highest BCUT2D eigenvalue weighted by Crippen LogP contribution is 2.27. The number of hydrogen-bond donors (Lipinski definition) is 1. The van der Waals surface area contributed by atoms with Crippen LogP contribution in [0.15, 0.2) is 59.8 Å². The Morgan fingerprint density at radius 1 is 1.22 bits per heavy atom. The number of rotatable bonds is 4. The minimum atomic E-state index is -1.12. The standard InChI is InChI=1S/C18H17FN2O2/c1-18(17(22)20-12-13-7-3-2-4-8-13)11-16(21-23-18)14-9-5-6-10-15(14)19/h2-10H,11-12H2,1H3,(H,20,22). The molecule has 1 aliphatic rings. The van der Waals surface area contributed by atoms with Crippen LogP contribution in [-0.2, 0) is 16.2 Å². The largest absolute Gasteiger partial charge is 0.379 e. The Morgan fingerprint density at radius 3 is 2.65 bits per heavy atom. The summed E-state index contributed by atoms with van der Waals surface area (Å²) in [6.45, 7) is 2.07. The minimum Gasteiger partial charge on any atom is -0.379 e. The third-order valence-electron chi connectivity index (χ3n) is 3.82. The number of halogens is 1. The van der Waals surface area contributed by atoms with Gasteiger partial charge >= 0.3 is 0 Å². The van der Waals surface area contributed by atoms with Crippen molar-refractivity contribution in [2.75, 3.05) is 0 Å². The van der Waals surface area contributed by atoms with Gasteiger partial charge < -0.3 is 10.2 Å². The zero-order chi connectivity index (χ0) is 16.3. The van der Waals surface area contributed by atoms with Gasteiger partial charge in [-0.25, -0.2) is 4.39 Å². The quantitative estimate of drug-likeness (QED) is 0.943. The van der Waals surface area contributed by atoms with Crippen LogP contribution in [0.5, 0.6) is 0 Å². The summed E-state index contributed by atoms with van der Waals surface area (Å²) in [6.07, 6.45) is 0.231. The Hall–Kier alpha value is -2.69. The van der Waals surface area contributed by atoms with E-state index >= 15 is 0 Å². The SMILES string of the molecule is CC1(C(=O)NCc2ccccc2)CC(c2ccccc2F)=NO1. The summed E-state index contributed by atoms with van der Waals surface area (Å²) in [4.78, 5) is 17.7. The molecule has 1 unspecified atom stereocenters. The summed E-state index contributed by atoms with van der Waals surface area (Å²) in [5.41, 5.74) is 0.692. The molecule has 1 atom stereocenters. The number of benzene rings is 2. The molecular weight excluding hydrogens is 295 g/mol. The summed E-state index contributed by atoms with van der Waals surface area (Å²) in [6, 6.07) is 15.9. The minimum absolute atomic E-state index is 0.231. The topological polar surface area (TPSA) is 50.7 Å². The molecule has 0 spiro atoms. The van der Waals surface area contributed by atoms with Crippen LogP contribution in [0.4, 0.5) is 4.39 Å². The van der Waals surface area contributed by atoms with Gasteiger partial charge in [0.15, 0.2) is 0 Å². The zero-order valence-corrected chi connectivity index (χ0v) is 12.8. The van der Waals surface area contributed by atoms with Crippen LogP contribution in [-0.4, -0.2) is 17.2 Å². The van der Waals surface area contributed by atoms with Crippen molar-refractivity contribution in [3.8, 4) is 0 Å². The molecule has 0 saturated heterocycles. The summed E-state index contributed by atoms with van der Waals surface area (Å²) in [7, 11) is 0. The average Bonchev–Trinajstić information content (AvgIpc) is 2.97. The molecule has 1 amide bonds. The Balaban J connectivity index is 1.65. The van der Waals surface area contributed by atoms with E-state index in [1.807, 2.05) is 30.3 Å². The van der Waals surface area contributed by atoms with Crippen LogP contribution in [0.1, 0.15) is 24.5 Å². The molecule has 0 bridgehead atoms. The second kappa shape index (κ2) is 6.20. The van der Waals surface area contributed by atoms with Crippen molar-refractivity contribution in [1.82, 2.24) is 5.32 Å². The fourth-order valence-corrected chi connectivity index (χ4v) is 2.47. The smallest absolute Gasteiger partial charge is 0.267 e. The van der Waals surface area contributed by atoms with E-state index in [0.29, 0.717) is 17.8 Å². The van der Waals surface area contributed by atoms with Gasteiger partial charge in [-0.05, 0) is 18.6 Å². The van der Waals surface area contributed by atoms with Crippen molar-refractivity contribution in [2.24, 2.45) is 5.16 Å². The Labute approximate surface area is 134 Å². The fraction of sp³-hybridized carbons (Fsp3) is 0.222. The van der Waals surface area contributed by atoms with Crippen molar-refractivity contribution in [3.63, 3.8) is 0 Å². The van der Waals surface area contributed by atoms with E-state index in [1.54, 1.807) is 25.1 Å². The Morgan fingerprint density at radius 2 is 1.91 bits per heavy atom. The van der Waals surface area contributed by atoms with Gasteiger partial charge in [-0.2, -0.15) is 0 Å². The maximum atomic E-state index is 13.8. The lowest BCUT2D eigenvalue weighted by Crippen LogP contribution is -2.44. The van der Waals surface area contributed by atoms with Crippen LogP contribution in [0.25, 0.3) is 0 Å². The maximum absolute atomic E-state index is 13.8. The van der Waals surface area contributed by atoms with Gasteiger partial charge in [0.05, 0.1) is 5.71 Å². The van der Waals surface area contributed by atoms with Crippen LogP contribution >= 0.6 is 0 Å². The van der Waals surface area contributed by atoms with Gasteiger partial charge in [-0.15, -0.1) is 0 Å². The predicted octanol–water partition coefficient (Wildman–Crippen LogP) is 3.03. The highest BCUT2D eigenvalue weighted by Gasteiger charge is 2.42. The molecule has 0 saturated carbocycles. The second-order valence-corrected chi connectivity index (χ2v) is 5.69. The van der Waals surface area contributed by atoms with E-state index < -0.39 is 5.60 Å². The lowest BCUT2D eigenvalue weighted by Gasteiger charge is -2.20. The third-order valence-corrected chi connectivity index (χ3v) is 3.82. The van der Waals surface area contributed by atoms with Crippen molar-refractivity contribution in [3.05, 3.63) is 71.5 Å². The van der Waals surface area contributed by atoms with E-state index in [1.165, 1.54) is 6.07 Å². The first-order chi connectivity index (χ1) is 11.1. The van der Waals surface area contributed by atoms with E-state index in [2.05, 4.69) is 10.5 Å². The molecule has 1 aliphatic heterocycles. The van der Waals surface area contributed by atoms with Gasteiger partial charge in [0.25, 0.3) is 5.91 Å². The molecule has 0 fully saturated rings. The third kappa shape index (κ3) is 3.23. The first kappa shape index (κ1) is 15.2. The molecule has 0 aliphatic carbocycles. The molecule has 0 radical (unpaired) electrons. The number of nitrogens with one attached hydrogen (secondary N) is 1. The monoisotopic (exact) mass is 312 g/mol. The Kier molecular flexibility index (Phi) is 4.10. The molecule has 1 N–H and O–H groups in total. The van der Waals surface area contributed by atoms with Crippen molar-refractivity contribution in [2.45, 2.75) is 25.5 Å². The average molecular weight is 312 g/mol. The summed E-state index contributed by atoms with van der Waals surface area (Å²) in [5.74, 6) is -0.639. The van der Waals surface area contributed by atoms with E-state index in [0.717, 1.165) is 5.56 Å².